The van der Waals surface area contributed by atoms with Crippen LogP contribution in [0, 0.1) is 0 Å². The van der Waals surface area contributed by atoms with Crippen molar-refractivity contribution in [1.29, 1.82) is 0 Å². The van der Waals surface area contributed by atoms with Crippen LogP contribution in [0.15, 0.2) is 60.7 Å². The van der Waals surface area contributed by atoms with Crippen LogP contribution >= 0.6 is 0 Å². The minimum absolute atomic E-state index is 0.123. The van der Waals surface area contributed by atoms with E-state index in [4.69, 9.17) is 0 Å². The van der Waals surface area contributed by atoms with Crippen LogP contribution < -0.4 is 16.0 Å². The van der Waals surface area contributed by atoms with Crippen LogP contribution in [0.5, 0.6) is 0 Å². The Morgan fingerprint density at radius 3 is 2.16 bits per heavy atom. The van der Waals surface area contributed by atoms with Gasteiger partial charge in [-0.05, 0) is 44.4 Å². The Bertz CT molecular complexity index is 1060. The topological polar surface area (TPSA) is 117 Å². The summed E-state index contributed by atoms with van der Waals surface area (Å²) in [6.45, 7) is 2.34. The van der Waals surface area contributed by atoms with Gasteiger partial charge in [-0.2, -0.15) is 0 Å². The summed E-state index contributed by atoms with van der Waals surface area (Å²) in [6.07, 6.45) is 3.39. The predicted octanol–water partition coefficient (Wildman–Crippen LogP) is 1.34. The summed E-state index contributed by atoms with van der Waals surface area (Å²) in [5.41, 5.74) is 1.90. The van der Waals surface area contributed by atoms with Gasteiger partial charge in [-0.3, -0.25) is 14.4 Å². The lowest BCUT2D eigenvalue weighted by atomic mass is 9.98. The highest BCUT2D eigenvalue weighted by Crippen LogP contribution is 2.31. The summed E-state index contributed by atoms with van der Waals surface area (Å²) in [5, 5.41) is 8.92. The zero-order valence-electron chi connectivity index (χ0n) is 22.1. The van der Waals surface area contributed by atoms with Gasteiger partial charge in [-0.15, -0.1) is 4.31 Å². The molecule has 1 unspecified atom stereocenters. The molecule has 0 aromatic heterocycles. The molecule has 2 aromatic carbocycles. The Morgan fingerprint density at radius 2 is 1.61 bits per heavy atom. The van der Waals surface area contributed by atoms with Crippen molar-refractivity contribution in [2.24, 2.45) is 0 Å². The van der Waals surface area contributed by atoms with E-state index in [0.29, 0.717) is 25.8 Å². The molecule has 2 fully saturated rings. The van der Waals surface area contributed by atoms with Crippen LogP contribution in [-0.2, 0) is 25.7 Å². The first-order valence-electron chi connectivity index (χ1n) is 13.1. The number of carbonyl (C=O) groups is 3. The van der Waals surface area contributed by atoms with Crippen LogP contribution in [0.2, 0.25) is 0 Å². The molecule has 2 aliphatic heterocycles. The van der Waals surface area contributed by atoms with Crippen LogP contribution in [0.1, 0.15) is 43.4 Å². The Morgan fingerprint density at radius 1 is 1.00 bits per heavy atom. The molecule has 0 spiro atoms. The van der Waals surface area contributed by atoms with E-state index in [1.54, 1.807) is 29.4 Å². The van der Waals surface area contributed by atoms with Crippen LogP contribution in [0.3, 0.4) is 0 Å². The molecule has 38 heavy (non-hydrogen) atoms. The summed E-state index contributed by atoms with van der Waals surface area (Å²) < 4.78 is 14.1. The minimum atomic E-state index is -1.29. The largest absolute Gasteiger partial charge is 0.598 e. The highest BCUT2D eigenvalue weighted by atomic mass is 32.2. The van der Waals surface area contributed by atoms with Gasteiger partial charge < -0.3 is 25.4 Å². The molecule has 2 aromatic rings. The first-order valence-corrected chi connectivity index (χ1v) is 14.6. The van der Waals surface area contributed by atoms with E-state index in [1.807, 2.05) is 60.7 Å². The van der Waals surface area contributed by atoms with Crippen molar-refractivity contribution in [3.63, 3.8) is 0 Å². The molecule has 9 nitrogen and oxygen atoms in total. The number of amides is 3. The van der Waals surface area contributed by atoms with Crippen LogP contribution in [0.4, 0.5) is 0 Å². The SMILES string of the molecule is CN[C@@H](C)C(=O)N[C@H]1CN([S+](C)[O-])CC[C@H]2CC[C@@H](C(=O)NC(c3ccccc3)c3ccccc3)N2C1=O. The van der Waals surface area contributed by atoms with Crippen molar-refractivity contribution >= 4 is 29.1 Å². The molecule has 2 aliphatic rings. The number of nitrogens with one attached hydrogen (secondary N) is 3. The first kappa shape index (κ1) is 28.1. The van der Waals surface area contributed by atoms with Gasteiger partial charge in [0.2, 0.25) is 17.7 Å². The minimum Gasteiger partial charge on any atom is -0.598 e. The highest BCUT2D eigenvalue weighted by Gasteiger charge is 2.46. The maximum atomic E-state index is 13.9. The molecular formula is C28H37N5O4S. The molecule has 204 valence electrons. The zero-order valence-corrected chi connectivity index (χ0v) is 22.9. The second kappa shape index (κ2) is 12.8. The molecule has 2 heterocycles. The number of hydrogen-bond acceptors (Lipinski definition) is 6. The molecule has 0 bridgehead atoms. The summed E-state index contributed by atoms with van der Waals surface area (Å²) in [7, 11) is 1.67. The van der Waals surface area contributed by atoms with Gasteiger partial charge in [0.25, 0.3) is 0 Å². The normalized spacial score (nSPS) is 23.8. The number of fused-ring (bicyclic) bond motifs is 1. The van der Waals surface area contributed by atoms with Crippen molar-refractivity contribution in [2.75, 3.05) is 26.4 Å². The molecular weight excluding hydrogens is 502 g/mol. The van der Waals surface area contributed by atoms with Crippen LogP contribution in [0.25, 0.3) is 0 Å². The average Bonchev–Trinajstić information content (AvgIpc) is 3.35. The fraction of sp³-hybridized carbons (Fsp3) is 0.464. The summed E-state index contributed by atoms with van der Waals surface area (Å²) in [5.74, 6) is -0.850. The van der Waals surface area contributed by atoms with E-state index < -0.39 is 29.5 Å². The van der Waals surface area contributed by atoms with Gasteiger partial charge in [0.15, 0.2) is 0 Å². The van der Waals surface area contributed by atoms with Crippen molar-refractivity contribution in [1.82, 2.24) is 25.2 Å². The first-order chi connectivity index (χ1) is 18.3. The maximum absolute atomic E-state index is 13.9. The van der Waals surface area contributed by atoms with Gasteiger partial charge in [0.05, 0.1) is 18.6 Å². The van der Waals surface area contributed by atoms with E-state index in [1.165, 1.54) is 0 Å². The highest BCUT2D eigenvalue weighted by molar-refractivity contribution is 7.88. The van der Waals surface area contributed by atoms with E-state index in [2.05, 4.69) is 16.0 Å². The fourth-order valence-electron chi connectivity index (χ4n) is 5.26. The van der Waals surface area contributed by atoms with Crippen LogP contribution in [-0.4, -0.2) is 82.0 Å². The molecule has 3 N–H and O–H groups in total. The third-order valence-electron chi connectivity index (χ3n) is 7.51. The average molecular weight is 540 g/mol. The molecule has 5 atom stereocenters. The van der Waals surface area contributed by atoms with E-state index in [-0.39, 0.29) is 36.3 Å². The number of rotatable bonds is 8. The molecule has 2 saturated heterocycles. The van der Waals surface area contributed by atoms with Gasteiger partial charge in [0, 0.05) is 23.9 Å². The monoisotopic (exact) mass is 539 g/mol. The lowest BCUT2D eigenvalue weighted by Crippen LogP contribution is -2.62. The predicted molar refractivity (Wildman–Crippen MR) is 147 cm³/mol. The summed E-state index contributed by atoms with van der Waals surface area (Å²) >= 11 is -1.29. The quantitative estimate of drug-likeness (QED) is 0.436. The van der Waals surface area contributed by atoms with Crippen molar-refractivity contribution in [3.8, 4) is 0 Å². The van der Waals surface area contributed by atoms with Gasteiger partial charge >= 0.3 is 0 Å². The van der Waals surface area contributed by atoms with Crippen molar-refractivity contribution in [3.05, 3.63) is 71.8 Å². The molecule has 10 heteroatoms. The molecule has 0 saturated carbocycles. The smallest absolute Gasteiger partial charge is 0.247 e. The maximum Gasteiger partial charge on any atom is 0.247 e. The molecule has 0 aliphatic carbocycles. The number of likely N-dealkylation sites (N-methyl/N-ethyl adjacent to an activating group) is 1. The number of benzene rings is 2. The van der Waals surface area contributed by atoms with E-state index >= 15 is 0 Å². The zero-order chi connectivity index (χ0) is 27.2. The van der Waals surface area contributed by atoms with Crippen molar-refractivity contribution in [2.45, 2.75) is 56.4 Å². The molecule has 4 rings (SSSR count). The van der Waals surface area contributed by atoms with E-state index in [9.17, 15) is 18.9 Å². The molecule has 3 amide bonds. The standard InChI is InChI=1S/C28H37N5O4S/c1-19(29-2)26(34)30-23-18-32(38(3)37)17-16-22-14-15-24(33(22)28(23)36)27(35)31-25(20-10-6-4-7-11-20)21-12-8-5-9-13-21/h4-13,19,22-25,29H,14-18H2,1-3H3,(H,30,34)(H,31,35)/t19-,22+,23-,24-,38?/m0/s1. The van der Waals surface area contributed by atoms with Crippen molar-refractivity contribution < 1.29 is 18.9 Å². The van der Waals surface area contributed by atoms with Gasteiger partial charge in [-0.1, -0.05) is 60.7 Å². The van der Waals surface area contributed by atoms with Gasteiger partial charge in [0.1, 0.15) is 18.3 Å². The third-order valence-corrected chi connectivity index (χ3v) is 8.57. The summed E-state index contributed by atoms with van der Waals surface area (Å²) in [4.78, 5) is 42.1. The van der Waals surface area contributed by atoms with E-state index in [0.717, 1.165) is 11.1 Å². The fourth-order valence-corrected chi connectivity index (χ4v) is 5.98. The number of hydrogen-bond donors (Lipinski definition) is 3. The third kappa shape index (κ3) is 6.37. The lowest BCUT2D eigenvalue weighted by molar-refractivity contribution is -0.144. The second-order valence-electron chi connectivity index (χ2n) is 9.93. The number of nitrogens with zero attached hydrogens (tertiary/aromatic N) is 2. The second-order valence-corrected chi connectivity index (χ2v) is 11.3. The Hall–Kier alpha value is -2.92. The lowest BCUT2D eigenvalue weighted by Gasteiger charge is -2.38. The molecule has 0 radical (unpaired) electrons. The Kier molecular flexibility index (Phi) is 9.43. The summed E-state index contributed by atoms with van der Waals surface area (Å²) in [6, 6.07) is 16.9. The Balaban J connectivity index is 1.59. The van der Waals surface area contributed by atoms with Gasteiger partial charge in [-0.25, -0.2) is 0 Å². The number of carbonyl (C=O) groups excluding carboxylic acids is 3. The Labute approximate surface area is 227 Å².